The average Bonchev–Trinajstić information content (AvgIpc) is 3.83. The summed E-state index contributed by atoms with van der Waals surface area (Å²) in [5.41, 5.74) is 13.5. The lowest BCUT2D eigenvalue weighted by Crippen LogP contribution is -2.10. The van der Waals surface area contributed by atoms with E-state index in [1.54, 1.807) is 0 Å². The van der Waals surface area contributed by atoms with Crippen molar-refractivity contribution in [2.24, 2.45) is 0 Å². The first kappa shape index (κ1) is 31.2. The van der Waals surface area contributed by atoms with Gasteiger partial charge in [0.25, 0.3) is 0 Å². The Labute approximate surface area is 317 Å². The molecule has 0 bridgehead atoms. The molecule has 0 aliphatic heterocycles. The molecule has 3 heteroatoms. The predicted octanol–water partition coefficient (Wildman–Crippen LogP) is 15.1. The van der Waals surface area contributed by atoms with E-state index in [1.165, 1.54) is 27.5 Å². The van der Waals surface area contributed by atoms with Gasteiger partial charge < -0.3 is 13.7 Å². The van der Waals surface area contributed by atoms with E-state index >= 15 is 0 Å². The Morgan fingerprint density at radius 1 is 0.291 bits per heavy atom. The van der Waals surface area contributed by atoms with Crippen molar-refractivity contribution in [1.29, 1.82) is 0 Å². The largest absolute Gasteiger partial charge is 0.456 e. The van der Waals surface area contributed by atoms with Crippen molar-refractivity contribution in [3.05, 3.63) is 200 Å². The van der Waals surface area contributed by atoms with Gasteiger partial charge in [0, 0.05) is 32.9 Å². The van der Waals surface area contributed by atoms with E-state index in [2.05, 4.69) is 187 Å². The number of nitrogens with zero attached hydrogens (tertiary/aromatic N) is 1. The number of furan rings is 2. The number of hydrogen-bond acceptors (Lipinski definition) is 3. The van der Waals surface area contributed by atoms with Crippen LogP contribution in [-0.4, -0.2) is 0 Å². The molecule has 2 aromatic heterocycles. The highest BCUT2D eigenvalue weighted by molar-refractivity contribution is 6.11. The predicted molar refractivity (Wildman–Crippen MR) is 229 cm³/mol. The molecule has 0 saturated heterocycles. The third-order valence-corrected chi connectivity index (χ3v) is 10.9. The molecule has 0 fully saturated rings. The van der Waals surface area contributed by atoms with Gasteiger partial charge in [0.1, 0.15) is 16.7 Å². The molecule has 258 valence electrons. The Bertz CT molecular complexity index is 3190. The van der Waals surface area contributed by atoms with Crippen LogP contribution in [-0.2, 0) is 0 Å². The second-order valence-electron chi connectivity index (χ2n) is 14.1. The maximum absolute atomic E-state index is 6.81. The lowest BCUT2D eigenvalue weighted by Gasteiger charge is -2.26. The fourth-order valence-electron chi connectivity index (χ4n) is 8.08. The number of anilines is 3. The van der Waals surface area contributed by atoms with Crippen molar-refractivity contribution in [2.75, 3.05) is 4.90 Å². The molecule has 0 N–H and O–H groups in total. The number of rotatable bonds is 6. The molecule has 0 radical (unpaired) electrons. The summed E-state index contributed by atoms with van der Waals surface area (Å²) in [6.07, 6.45) is 0. The fraction of sp³-hybridized carbons (Fsp3) is 0. The van der Waals surface area contributed by atoms with Crippen LogP contribution in [0.1, 0.15) is 0 Å². The van der Waals surface area contributed by atoms with Gasteiger partial charge in [0.2, 0.25) is 0 Å². The number of benzene rings is 9. The highest BCUT2D eigenvalue weighted by atomic mass is 16.3. The van der Waals surface area contributed by atoms with Crippen LogP contribution >= 0.6 is 0 Å². The number of fused-ring (bicyclic) bond motifs is 7. The van der Waals surface area contributed by atoms with Crippen LogP contribution < -0.4 is 4.90 Å². The van der Waals surface area contributed by atoms with Gasteiger partial charge in [-0.3, -0.25) is 0 Å². The Morgan fingerprint density at radius 3 is 1.65 bits per heavy atom. The zero-order chi connectivity index (χ0) is 36.3. The minimum atomic E-state index is 0.850. The summed E-state index contributed by atoms with van der Waals surface area (Å²) >= 11 is 0. The van der Waals surface area contributed by atoms with Crippen LogP contribution in [0.2, 0.25) is 0 Å². The van der Waals surface area contributed by atoms with E-state index in [9.17, 15) is 0 Å². The first-order valence-corrected chi connectivity index (χ1v) is 18.7. The van der Waals surface area contributed by atoms with Crippen LogP contribution in [0.25, 0.3) is 88.0 Å². The van der Waals surface area contributed by atoms with Crippen LogP contribution in [0.3, 0.4) is 0 Å². The monoisotopic (exact) mass is 703 g/mol. The standard InChI is InChI=1S/C52H33NO2/c1-2-9-34(10-3-1)41-23-29-45-46-14-8-15-48(52(46)55-51(45)33-41)53(42-25-19-36(20-26-42)39-18-17-35-11-4-5-12-38(35)31-39)43-27-21-37(22-28-43)40-24-30-50-47(32-40)44-13-6-7-16-49(44)54-50/h1-33H. The zero-order valence-corrected chi connectivity index (χ0v) is 29.8. The summed E-state index contributed by atoms with van der Waals surface area (Å²) in [6.45, 7) is 0. The van der Waals surface area contributed by atoms with Crippen molar-refractivity contribution < 1.29 is 8.83 Å². The molecule has 2 heterocycles. The topological polar surface area (TPSA) is 29.5 Å². The van der Waals surface area contributed by atoms with Gasteiger partial charge in [0.15, 0.2) is 5.58 Å². The molecule has 0 saturated carbocycles. The normalized spacial score (nSPS) is 11.6. The average molecular weight is 704 g/mol. The second-order valence-corrected chi connectivity index (χ2v) is 14.1. The van der Waals surface area contributed by atoms with Crippen molar-refractivity contribution in [2.45, 2.75) is 0 Å². The number of hydrogen-bond donors (Lipinski definition) is 0. The SMILES string of the molecule is c1ccc(-c2ccc3c(c2)oc2c(N(c4ccc(-c5ccc6ccccc6c5)cc4)c4ccc(-c5ccc6oc7ccccc7c6c5)cc4)cccc23)cc1. The quantitative estimate of drug-likeness (QED) is 0.173. The highest BCUT2D eigenvalue weighted by Crippen LogP contribution is 2.44. The molecule has 11 rings (SSSR count). The molecule has 0 amide bonds. The third kappa shape index (κ3) is 5.36. The first-order chi connectivity index (χ1) is 27.2. The maximum Gasteiger partial charge on any atom is 0.159 e. The molecular weight excluding hydrogens is 671 g/mol. The smallest absolute Gasteiger partial charge is 0.159 e. The molecule has 0 spiro atoms. The van der Waals surface area contributed by atoms with Crippen LogP contribution in [0, 0.1) is 0 Å². The van der Waals surface area contributed by atoms with Crippen molar-refractivity contribution in [3.8, 4) is 33.4 Å². The Hall–Kier alpha value is -7.36. The maximum atomic E-state index is 6.81. The second kappa shape index (κ2) is 12.6. The van der Waals surface area contributed by atoms with E-state index in [-0.39, 0.29) is 0 Å². The van der Waals surface area contributed by atoms with Crippen LogP contribution in [0.4, 0.5) is 17.1 Å². The third-order valence-electron chi connectivity index (χ3n) is 10.9. The van der Waals surface area contributed by atoms with Gasteiger partial charge in [-0.2, -0.15) is 0 Å². The molecule has 0 aliphatic carbocycles. The van der Waals surface area contributed by atoms with Gasteiger partial charge in [-0.05, 0) is 111 Å². The fourth-order valence-corrected chi connectivity index (χ4v) is 8.08. The molecule has 0 unspecified atom stereocenters. The molecule has 11 aromatic rings. The van der Waals surface area contributed by atoms with Gasteiger partial charge in [-0.15, -0.1) is 0 Å². The van der Waals surface area contributed by atoms with E-state index in [0.29, 0.717) is 0 Å². The van der Waals surface area contributed by atoms with E-state index < -0.39 is 0 Å². The van der Waals surface area contributed by atoms with Gasteiger partial charge in [0.05, 0.1) is 5.69 Å². The molecule has 55 heavy (non-hydrogen) atoms. The lowest BCUT2D eigenvalue weighted by atomic mass is 10.0. The first-order valence-electron chi connectivity index (χ1n) is 18.7. The summed E-state index contributed by atoms with van der Waals surface area (Å²) in [5.74, 6) is 0. The van der Waals surface area contributed by atoms with E-state index in [4.69, 9.17) is 8.83 Å². The van der Waals surface area contributed by atoms with Gasteiger partial charge in [-0.1, -0.05) is 133 Å². The minimum absolute atomic E-state index is 0.850. The summed E-state index contributed by atoms with van der Waals surface area (Å²) < 4.78 is 12.9. The molecule has 9 aromatic carbocycles. The number of para-hydroxylation sites is 2. The van der Waals surface area contributed by atoms with E-state index in [1.807, 2.05) is 18.2 Å². The summed E-state index contributed by atoms with van der Waals surface area (Å²) in [6, 6.07) is 71.0. The Balaban J connectivity index is 1.03. The van der Waals surface area contributed by atoms with Crippen molar-refractivity contribution in [1.82, 2.24) is 0 Å². The molecular formula is C52H33NO2. The van der Waals surface area contributed by atoms with Gasteiger partial charge in [-0.25, -0.2) is 0 Å². The zero-order valence-electron chi connectivity index (χ0n) is 29.8. The molecule has 0 atom stereocenters. The molecule has 3 nitrogen and oxygen atoms in total. The van der Waals surface area contributed by atoms with E-state index in [0.717, 1.165) is 77.6 Å². The highest BCUT2D eigenvalue weighted by Gasteiger charge is 2.20. The van der Waals surface area contributed by atoms with Crippen molar-refractivity contribution in [3.63, 3.8) is 0 Å². The van der Waals surface area contributed by atoms with Crippen molar-refractivity contribution >= 4 is 71.7 Å². The van der Waals surface area contributed by atoms with Gasteiger partial charge >= 0.3 is 0 Å². The Morgan fingerprint density at radius 2 is 0.855 bits per heavy atom. The summed E-state index contributed by atoms with van der Waals surface area (Å²) in [4.78, 5) is 2.31. The Kier molecular flexibility index (Phi) is 7.17. The van der Waals surface area contributed by atoms with Crippen LogP contribution in [0.15, 0.2) is 209 Å². The minimum Gasteiger partial charge on any atom is -0.456 e. The summed E-state index contributed by atoms with van der Waals surface area (Å²) in [5, 5.41) is 6.91. The lowest BCUT2D eigenvalue weighted by molar-refractivity contribution is 0.668. The van der Waals surface area contributed by atoms with Crippen LogP contribution in [0.5, 0.6) is 0 Å². The summed E-state index contributed by atoms with van der Waals surface area (Å²) in [7, 11) is 0. The molecule has 0 aliphatic rings.